The number of hydrogen-bond donors (Lipinski definition) is 1. The number of hydrogen-bond acceptors (Lipinski definition) is 4. The molecule has 1 rings (SSSR count). The SMILES string of the molecule is [CH2]C(=O)c1nc(N)cs1. The van der Waals surface area contributed by atoms with Crippen molar-refractivity contribution in [2.24, 2.45) is 0 Å². The van der Waals surface area contributed by atoms with Crippen LogP contribution in [0, 0.1) is 6.92 Å². The highest BCUT2D eigenvalue weighted by atomic mass is 32.1. The van der Waals surface area contributed by atoms with E-state index >= 15 is 0 Å². The van der Waals surface area contributed by atoms with Gasteiger partial charge < -0.3 is 5.73 Å². The highest BCUT2D eigenvalue weighted by molar-refractivity contribution is 7.12. The first kappa shape index (κ1) is 6.22. The minimum absolute atomic E-state index is 0.281. The lowest BCUT2D eigenvalue weighted by Crippen LogP contribution is -1.91. The molecule has 1 heterocycles. The number of carbonyl (C=O) groups excluding carboxylic acids is 1. The van der Waals surface area contributed by atoms with E-state index in [1.54, 1.807) is 5.38 Å². The topological polar surface area (TPSA) is 56.0 Å². The summed E-state index contributed by atoms with van der Waals surface area (Å²) in [6.45, 7) is 3.18. The summed E-state index contributed by atoms with van der Waals surface area (Å²) in [6, 6.07) is 0. The molecule has 2 N–H and O–H groups in total. The summed E-state index contributed by atoms with van der Waals surface area (Å²) in [5.74, 6) is 0.101. The quantitative estimate of drug-likeness (QED) is 0.587. The number of ketones is 1. The fourth-order valence-electron chi connectivity index (χ4n) is 0.414. The number of Topliss-reactive ketones (excluding diaryl/α,β-unsaturated/α-hetero) is 1. The van der Waals surface area contributed by atoms with Crippen LogP contribution in [-0.4, -0.2) is 10.8 Å². The zero-order valence-electron chi connectivity index (χ0n) is 4.63. The van der Waals surface area contributed by atoms with Crippen molar-refractivity contribution in [1.29, 1.82) is 0 Å². The zero-order valence-corrected chi connectivity index (χ0v) is 5.44. The van der Waals surface area contributed by atoms with E-state index in [1.165, 1.54) is 11.3 Å². The Bertz CT molecular complexity index is 231. The second-order valence-electron chi connectivity index (χ2n) is 1.50. The van der Waals surface area contributed by atoms with Crippen molar-refractivity contribution in [3.8, 4) is 0 Å². The Kier molecular flexibility index (Phi) is 1.48. The number of rotatable bonds is 1. The van der Waals surface area contributed by atoms with Gasteiger partial charge in [0.2, 0.25) is 0 Å². The summed E-state index contributed by atoms with van der Waals surface area (Å²) < 4.78 is 0. The van der Waals surface area contributed by atoms with Gasteiger partial charge in [-0.3, -0.25) is 4.79 Å². The third kappa shape index (κ3) is 1.26. The lowest BCUT2D eigenvalue weighted by molar-refractivity contribution is 0.104. The van der Waals surface area contributed by atoms with Crippen LogP contribution in [0.1, 0.15) is 9.80 Å². The highest BCUT2D eigenvalue weighted by Gasteiger charge is 2.02. The molecule has 0 saturated heterocycles. The van der Waals surface area contributed by atoms with E-state index in [2.05, 4.69) is 11.9 Å². The van der Waals surface area contributed by atoms with Gasteiger partial charge in [-0.05, 0) is 0 Å². The van der Waals surface area contributed by atoms with Gasteiger partial charge in [0.05, 0.1) is 0 Å². The summed E-state index contributed by atoms with van der Waals surface area (Å²) in [5.41, 5.74) is 5.24. The van der Waals surface area contributed by atoms with E-state index in [9.17, 15) is 4.79 Å². The average Bonchev–Trinajstić information content (AvgIpc) is 2.14. The Morgan fingerprint density at radius 1 is 1.89 bits per heavy atom. The van der Waals surface area contributed by atoms with Crippen LogP contribution in [0.4, 0.5) is 5.82 Å². The van der Waals surface area contributed by atoms with Gasteiger partial charge in [0.1, 0.15) is 5.82 Å². The van der Waals surface area contributed by atoms with Crippen LogP contribution >= 0.6 is 11.3 Å². The Balaban J connectivity index is 2.98. The first-order valence-corrected chi connectivity index (χ1v) is 3.15. The summed E-state index contributed by atoms with van der Waals surface area (Å²) in [4.78, 5) is 14.1. The first-order valence-electron chi connectivity index (χ1n) is 2.27. The number of nitrogens with two attached hydrogens (primary N) is 1. The Morgan fingerprint density at radius 3 is 2.78 bits per heavy atom. The summed E-state index contributed by atoms with van der Waals surface area (Å²) in [6.07, 6.45) is 0. The van der Waals surface area contributed by atoms with Crippen LogP contribution in [0.25, 0.3) is 0 Å². The molecule has 4 heteroatoms. The van der Waals surface area contributed by atoms with Crippen molar-refractivity contribution in [3.05, 3.63) is 17.3 Å². The first-order chi connectivity index (χ1) is 4.20. The Morgan fingerprint density at radius 2 is 2.56 bits per heavy atom. The van der Waals surface area contributed by atoms with Gasteiger partial charge in [0.15, 0.2) is 10.8 Å². The van der Waals surface area contributed by atoms with Gasteiger partial charge in [-0.1, -0.05) is 0 Å². The van der Waals surface area contributed by atoms with Gasteiger partial charge in [-0.25, -0.2) is 4.98 Å². The molecule has 0 spiro atoms. The minimum atomic E-state index is -0.281. The van der Waals surface area contributed by atoms with Crippen LogP contribution in [0.15, 0.2) is 5.38 Å². The third-order valence-corrected chi connectivity index (χ3v) is 1.66. The maximum atomic E-state index is 10.4. The van der Waals surface area contributed by atoms with E-state index < -0.39 is 0 Å². The van der Waals surface area contributed by atoms with Gasteiger partial charge in [-0.2, -0.15) is 0 Å². The van der Waals surface area contributed by atoms with Crippen molar-refractivity contribution in [3.63, 3.8) is 0 Å². The van der Waals surface area contributed by atoms with E-state index in [0.29, 0.717) is 10.8 Å². The largest absolute Gasteiger partial charge is 0.383 e. The third-order valence-electron chi connectivity index (χ3n) is 0.760. The van der Waals surface area contributed by atoms with Gasteiger partial charge in [0.25, 0.3) is 0 Å². The molecule has 0 aliphatic rings. The fourth-order valence-corrected chi connectivity index (χ4v) is 0.989. The van der Waals surface area contributed by atoms with Gasteiger partial charge in [-0.15, -0.1) is 11.3 Å². The number of nitrogens with zero attached hydrogens (tertiary/aromatic N) is 1. The molecule has 0 aliphatic carbocycles. The Labute approximate surface area is 56.5 Å². The molecule has 0 saturated carbocycles. The molecule has 0 bridgehead atoms. The molecule has 3 nitrogen and oxygen atoms in total. The fraction of sp³-hybridized carbons (Fsp3) is 0. The second-order valence-corrected chi connectivity index (χ2v) is 2.36. The van der Waals surface area contributed by atoms with Crippen LogP contribution in [-0.2, 0) is 0 Å². The normalized spacial score (nSPS) is 9.44. The van der Waals surface area contributed by atoms with Crippen molar-refractivity contribution < 1.29 is 4.79 Å². The number of anilines is 1. The van der Waals surface area contributed by atoms with Crippen LogP contribution < -0.4 is 5.73 Å². The predicted molar refractivity (Wildman–Crippen MR) is 36.2 cm³/mol. The summed E-state index contributed by atoms with van der Waals surface area (Å²) in [7, 11) is 0. The molecule has 0 amide bonds. The number of thiazole rings is 1. The van der Waals surface area contributed by atoms with E-state index in [1.807, 2.05) is 0 Å². The van der Waals surface area contributed by atoms with Crippen molar-refractivity contribution in [1.82, 2.24) is 4.98 Å². The molecule has 0 aromatic carbocycles. The molecule has 47 valence electrons. The molecular formula is C5H5N2OS. The highest BCUT2D eigenvalue weighted by Crippen LogP contribution is 2.10. The molecule has 0 aliphatic heterocycles. The molecule has 0 fully saturated rings. The smallest absolute Gasteiger partial charge is 0.191 e. The minimum Gasteiger partial charge on any atom is -0.383 e. The van der Waals surface area contributed by atoms with Crippen LogP contribution in [0.5, 0.6) is 0 Å². The van der Waals surface area contributed by atoms with Crippen LogP contribution in [0.3, 0.4) is 0 Å². The van der Waals surface area contributed by atoms with Crippen LogP contribution in [0.2, 0.25) is 0 Å². The number of carbonyl (C=O) groups is 1. The summed E-state index contributed by atoms with van der Waals surface area (Å²) >= 11 is 1.21. The predicted octanol–water partition coefficient (Wildman–Crippen LogP) is 0.742. The summed E-state index contributed by atoms with van der Waals surface area (Å²) in [5, 5.41) is 1.98. The lowest BCUT2D eigenvalue weighted by Gasteiger charge is -1.79. The van der Waals surface area contributed by atoms with E-state index in [4.69, 9.17) is 5.73 Å². The average molecular weight is 141 g/mol. The van der Waals surface area contributed by atoms with E-state index in [-0.39, 0.29) is 5.78 Å². The maximum absolute atomic E-state index is 10.4. The maximum Gasteiger partial charge on any atom is 0.191 e. The molecule has 1 aromatic heterocycles. The lowest BCUT2D eigenvalue weighted by atomic mass is 10.5. The van der Waals surface area contributed by atoms with Gasteiger partial charge in [0, 0.05) is 12.3 Å². The Hall–Kier alpha value is -0.900. The number of nitrogen functional groups attached to an aromatic ring is 1. The van der Waals surface area contributed by atoms with Crippen molar-refractivity contribution >= 4 is 22.9 Å². The van der Waals surface area contributed by atoms with E-state index in [0.717, 1.165) is 0 Å². The standard InChI is InChI=1S/C5H5N2OS/c1-3(8)5-7-4(6)2-9-5/h2H,1,6H2. The molecule has 0 unspecified atom stereocenters. The van der Waals surface area contributed by atoms with Crippen molar-refractivity contribution in [2.45, 2.75) is 0 Å². The molecule has 1 radical (unpaired) electrons. The second kappa shape index (κ2) is 2.14. The molecule has 0 atom stereocenters. The molecule has 9 heavy (non-hydrogen) atoms. The van der Waals surface area contributed by atoms with Crippen molar-refractivity contribution in [2.75, 3.05) is 5.73 Å². The zero-order chi connectivity index (χ0) is 6.85. The molecular weight excluding hydrogens is 136 g/mol. The monoisotopic (exact) mass is 141 g/mol. The number of aromatic nitrogens is 1. The molecule has 1 aromatic rings. The van der Waals surface area contributed by atoms with Gasteiger partial charge >= 0.3 is 0 Å².